The molecule has 0 N–H and O–H groups in total. The number of amides is 4. The lowest BCUT2D eigenvalue weighted by atomic mass is 10.3. The largest absolute Gasteiger partial charge is 0.465 e. The summed E-state index contributed by atoms with van der Waals surface area (Å²) in [5.74, 6) is -2.76. The van der Waals surface area contributed by atoms with Crippen molar-refractivity contribution in [3.63, 3.8) is 0 Å². The van der Waals surface area contributed by atoms with Gasteiger partial charge < -0.3 is 4.74 Å². The Morgan fingerprint density at radius 3 is 2.52 bits per heavy atom. The Labute approximate surface area is 120 Å². The molecule has 0 aliphatic carbocycles. The summed E-state index contributed by atoms with van der Waals surface area (Å²) in [6.07, 6.45) is 1.51. The molecule has 4 amide bonds. The molecule has 110 valence electrons. The average molecular weight is 291 g/mol. The van der Waals surface area contributed by atoms with Crippen LogP contribution in [0.1, 0.15) is 12.6 Å². The molecule has 0 spiro atoms. The highest BCUT2D eigenvalue weighted by Gasteiger charge is 2.45. The Morgan fingerprint density at radius 2 is 1.90 bits per heavy atom. The second-order valence-corrected chi connectivity index (χ2v) is 4.19. The zero-order chi connectivity index (χ0) is 15.4. The van der Waals surface area contributed by atoms with Crippen molar-refractivity contribution in [2.45, 2.75) is 13.5 Å². The van der Waals surface area contributed by atoms with Crippen LogP contribution < -0.4 is 0 Å². The number of nitrogens with zero attached hydrogens (tertiary/aromatic N) is 3. The molecule has 2 rings (SSSR count). The number of carbonyl (C=O) groups excluding carboxylic acids is 4. The molecule has 2 heterocycles. The summed E-state index contributed by atoms with van der Waals surface area (Å²) >= 11 is 0. The van der Waals surface area contributed by atoms with Crippen molar-refractivity contribution in [3.05, 3.63) is 30.1 Å². The first-order chi connectivity index (χ1) is 10.0. The van der Waals surface area contributed by atoms with E-state index in [1.54, 1.807) is 25.1 Å². The third kappa shape index (κ3) is 3.04. The molecule has 1 aliphatic rings. The summed E-state index contributed by atoms with van der Waals surface area (Å²) in [7, 11) is 0. The Kier molecular flexibility index (Phi) is 4.27. The van der Waals surface area contributed by atoms with Crippen molar-refractivity contribution >= 4 is 23.8 Å². The van der Waals surface area contributed by atoms with E-state index in [4.69, 9.17) is 0 Å². The van der Waals surface area contributed by atoms with E-state index in [-0.39, 0.29) is 13.2 Å². The fourth-order valence-corrected chi connectivity index (χ4v) is 1.82. The molecule has 0 saturated carbocycles. The molecule has 1 fully saturated rings. The number of aromatic nitrogens is 1. The van der Waals surface area contributed by atoms with E-state index < -0.39 is 30.4 Å². The summed E-state index contributed by atoms with van der Waals surface area (Å²) < 4.78 is 4.66. The van der Waals surface area contributed by atoms with Crippen LogP contribution in [0.15, 0.2) is 24.4 Å². The van der Waals surface area contributed by atoms with Crippen LogP contribution in [0.3, 0.4) is 0 Å². The molecule has 1 aliphatic heterocycles. The number of ether oxygens (including phenoxy) is 1. The van der Waals surface area contributed by atoms with Crippen LogP contribution in [0.5, 0.6) is 0 Å². The number of hydrogen-bond donors (Lipinski definition) is 0. The van der Waals surface area contributed by atoms with Gasteiger partial charge in [-0.15, -0.1) is 0 Å². The summed E-state index contributed by atoms with van der Waals surface area (Å²) in [6, 6.07) is 4.17. The monoisotopic (exact) mass is 291 g/mol. The summed E-state index contributed by atoms with van der Waals surface area (Å²) in [5, 5.41) is 0. The molecule has 8 nitrogen and oxygen atoms in total. The molecule has 21 heavy (non-hydrogen) atoms. The van der Waals surface area contributed by atoms with Crippen LogP contribution in [-0.2, 0) is 25.7 Å². The van der Waals surface area contributed by atoms with Crippen molar-refractivity contribution in [3.8, 4) is 0 Å². The first-order valence-electron chi connectivity index (χ1n) is 6.27. The third-order valence-electron chi connectivity index (χ3n) is 2.77. The predicted molar refractivity (Wildman–Crippen MR) is 68.5 cm³/mol. The van der Waals surface area contributed by atoms with Gasteiger partial charge in [-0.25, -0.2) is 14.6 Å². The molecule has 0 unspecified atom stereocenters. The molecule has 1 aromatic heterocycles. The number of imide groups is 2. The van der Waals surface area contributed by atoms with E-state index in [1.165, 1.54) is 6.20 Å². The molecule has 1 aromatic rings. The predicted octanol–water partition coefficient (Wildman–Crippen LogP) is -0.0645. The van der Waals surface area contributed by atoms with Crippen molar-refractivity contribution < 1.29 is 23.9 Å². The summed E-state index contributed by atoms with van der Waals surface area (Å²) in [4.78, 5) is 52.3. The first-order valence-corrected chi connectivity index (χ1v) is 6.27. The number of urea groups is 1. The van der Waals surface area contributed by atoms with Crippen LogP contribution >= 0.6 is 0 Å². The third-order valence-corrected chi connectivity index (χ3v) is 2.77. The highest BCUT2D eigenvalue weighted by molar-refractivity contribution is 6.44. The zero-order valence-corrected chi connectivity index (χ0v) is 11.3. The molecule has 0 atom stereocenters. The summed E-state index contributed by atoms with van der Waals surface area (Å²) in [5.41, 5.74) is 0.463. The van der Waals surface area contributed by atoms with Crippen LogP contribution in [0.4, 0.5) is 4.79 Å². The van der Waals surface area contributed by atoms with Gasteiger partial charge >= 0.3 is 23.8 Å². The zero-order valence-electron chi connectivity index (χ0n) is 11.3. The van der Waals surface area contributed by atoms with E-state index in [2.05, 4.69) is 9.72 Å². The smallest absolute Gasteiger partial charge is 0.335 e. The maximum absolute atomic E-state index is 12.0. The van der Waals surface area contributed by atoms with E-state index in [0.29, 0.717) is 10.6 Å². The molecule has 0 aromatic carbocycles. The lowest BCUT2D eigenvalue weighted by Crippen LogP contribution is -2.37. The molecular weight excluding hydrogens is 278 g/mol. The van der Waals surface area contributed by atoms with Gasteiger partial charge in [0.05, 0.1) is 18.8 Å². The Balaban J connectivity index is 2.11. The van der Waals surface area contributed by atoms with Crippen LogP contribution in [0, 0.1) is 0 Å². The number of rotatable bonds is 5. The van der Waals surface area contributed by atoms with Gasteiger partial charge in [-0.05, 0) is 19.1 Å². The van der Waals surface area contributed by atoms with Crippen molar-refractivity contribution in [2.24, 2.45) is 0 Å². The fourth-order valence-electron chi connectivity index (χ4n) is 1.82. The topological polar surface area (TPSA) is 96.9 Å². The lowest BCUT2D eigenvalue weighted by molar-refractivity contribution is -0.148. The van der Waals surface area contributed by atoms with E-state index in [1.807, 2.05) is 0 Å². The van der Waals surface area contributed by atoms with E-state index in [9.17, 15) is 19.2 Å². The normalized spacial score (nSPS) is 14.8. The highest BCUT2D eigenvalue weighted by atomic mass is 16.5. The Hall–Kier alpha value is -2.77. The van der Waals surface area contributed by atoms with Gasteiger partial charge in [0.25, 0.3) is 0 Å². The maximum Gasteiger partial charge on any atom is 0.335 e. The second-order valence-electron chi connectivity index (χ2n) is 4.19. The van der Waals surface area contributed by atoms with Crippen LogP contribution in [0.25, 0.3) is 0 Å². The standard InChI is InChI=1S/C13H13N3O5/c1-2-21-10(17)8-16-12(19)11(18)15(13(16)20)7-9-5-3-4-6-14-9/h3-6H,2,7-8H2,1H3. The fraction of sp³-hybridized carbons (Fsp3) is 0.308. The van der Waals surface area contributed by atoms with Gasteiger partial charge in [-0.2, -0.15) is 0 Å². The highest BCUT2D eigenvalue weighted by Crippen LogP contribution is 2.14. The molecule has 0 radical (unpaired) electrons. The van der Waals surface area contributed by atoms with Crippen LogP contribution in [-0.4, -0.2) is 51.8 Å². The van der Waals surface area contributed by atoms with E-state index >= 15 is 0 Å². The minimum absolute atomic E-state index is 0.121. The number of pyridine rings is 1. The van der Waals surface area contributed by atoms with Gasteiger partial charge in [0.15, 0.2) is 0 Å². The van der Waals surface area contributed by atoms with Crippen molar-refractivity contribution in [1.82, 2.24) is 14.8 Å². The Bertz CT molecular complexity index is 587. The summed E-state index contributed by atoms with van der Waals surface area (Å²) in [6.45, 7) is 1.03. The molecule has 8 heteroatoms. The quantitative estimate of drug-likeness (QED) is 0.428. The Morgan fingerprint density at radius 1 is 1.19 bits per heavy atom. The number of carbonyl (C=O) groups is 4. The SMILES string of the molecule is CCOC(=O)CN1C(=O)C(=O)N(Cc2ccccn2)C1=O. The number of hydrogen-bond acceptors (Lipinski definition) is 6. The molecule has 0 bridgehead atoms. The van der Waals surface area contributed by atoms with Crippen molar-refractivity contribution in [2.75, 3.05) is 13.2 Å². The number of esters is 1. The maximum atomic E-state index is 12.0. The average Bonchev–Trinajstić information content (AvgIpc) is 2.66. The van der Waals surface area contributed by atoms with Crippen molar-refractivity contribution in [1.29, 1.82) is 0 Å². The second kappa shape index (κ2) is 6.12. The minimum Gasteiger partial charge on any atom is -0.465 e. The van der Waals surface area contributed by atoms with Crippen LogP contribution in [0.2, 0.25) is 0 Å². The first kappa shape index (κ1) is 14.6. The van der Waals surface area contributed by atoms with Gasteiger partial charge in [-0.1, -0.05) is 6.07 Å². The van der Waals surface area contributed by atoms with Gasteiger partial charge in [0.1, 0.15) is 6.54 Å². The molecule has 1 saturated heterocycles. The van der Waals surface area contributed by atoms with E-state index in [0.717, 1.165) is 4.90 Å². The molecular formula is C13H13N3O5. The van der Waals surface area contributed by atoms with Gasteiger partial charge in [0.2, 0.25) is 0 Å². The lowest BCUT2D eigenvalue weighted by Gasteiger charge is -2.14. The van der Waals surface area contributed by atoms with Gasteiger partial charge in [0, 0.05) is 6.20 Å². The van der Waals surface area contributed by atoms with Gasteiger partial charge in [-0.3, -0.25) is 19.4 Å². The minimum atomic E-state index is -1.04.